The fourth-order valence-electron chi connectivity index (χ4n) is 4.01. The molecule has 1 N–H and O–H groups in total. The number of hydrogen-bond acceptors (Lipinski definition) is 2. The molecular weight excluding hydrogens is 308 g/mol. The minimum absolute atomic E-state index is 0. The van der Waals surface area contributed by atoms with E-state index in [1.54, 1.807) is 0 Å². The van der Waals surface area contributed by atoms with Crippen molar-refractivity contribution in [3.05, 3.63) is 35.9 Å². The number of nitrogens with zero attached hydrogens (tertiary/aromatic N) is 1. The van der Waals surface area contributed by atoms with E-state index in [4.69, 9.17) is 0 Å². The van der Waals surface area contributed by atoms with Gasteiger partial charge < -0.3 is 10.2 Å². The second kappa shape index (κ2) is 8.70. The van der Waals surface area contributed by atoms with Crippen LogP contribution in [-0.2, 0) is 4.79 Å². The van der Waals surface area contributed by atoms with E-state index in [9.17, 15) is 4.79 Å². The molecule has 2 fully saturated rings. The van der Waals surface area contributed by atoms with Gasteiger partial charge in [-0.2, -0.15) is 0 Å². The molecule has 0 saturated carbocycles. The van der Waals surface area contributed by atoms with Gasteiger partial charge in [-0.1, -0.05) is 37.3 Å². The number of carbonyl (C=O) groups excluding carboxylic acids is 1. The molecule has 0 aromatic heterocycles. The maximum absolute atomic E-state index is 12.4. The molecule has 1 aromatic rings. The van der Waals surface area contributed by atoms with Crippen molar-refractivity contribution >= 4 is 18.3 Å². The van der Waals surface area contributed by atoms with Crippen LogP contribution in [0.1, 0.15) is 44.1 Å². The predicted molar refractivity (Wildman–Crippen MR) is 97.0 cm³/mol. The van der Waals surface area contributed by atoms with Gasteiger partial charge in [0, 0.05) is 19.5 Å². The summed E-state index contributed by atoms with van der Waals surface area (Å²) in [5.41, 5.74) is 1.43. The van der Waals surface area contributed by atoms with Gasteiger partial charge in [-0.05, 0) is 55.7 Å². The fourth-order valence-corrected chi connectivity index (χ4v) is 4.01. The highest BCUT2D eigenvalue weighted by atomic mass is 35.5. The van der Waals surface area contributed by atoms with E-state index in [0.29, 0.717) is 23.7 Å². The quantitative estimate of drug-likeness (QED) is 0.913. The van der Waals surface area contributed by atoms with Crippen molar-refractivity contribution in [1.29, 1.82) is 0 Å². The topological polar surface area (TPSA) is 32.3 Å². The van der Waals surface area contributed by atoms with Gasteiger partial charge in [0.1, 0.15) is 0 Å². The van der Waals surface area contributed by atoms with E-state index in [1.165, 1.54) is 12.0 Å². The number of rotatable bonds is 4. The van der Waals surface area contributed by atoms with Crippen LogP contribution >= 0.6 is 12.4 Å². The highest BCUT2D eigenvalue weighted by molar-refractivity contribution is 5.85. The first-order valence-corrected chi connectivity index (χ1v) is 8.77. The molecule has 2 aliphatic heterocycles. The van der Waals surface area contributed by atoms with Crippen LogP contribution in [-0.4, -0.2) is 37.0 Å². The molecule has 1 aromatic carbocycles. The van der Waals surface area contributed by atoms with Crippen LogP contribution < -0.4 is 5.32 Å². The van der Waals surface area contributed by atoms with Crippen LogP contribution in [0.15, 0.2) is 30.3 Å². The number of nitrogens with one attached hydrogen (secondary N) is 1. The lowest BCUT2D eigenvalue weighted by atomic mass is 9.81. The van der Waals surface area contributed by atoms with Crippen molar-refractivity contribution in [3.8, 4) is 0 Å². The largest absolute Gasteiger partial charge is 0.342 e. The van der Waals surface area contributed by atoms with Gasteiger partial charge in [0.25, 0.3) is 0 Å². The molecule has 3 rings (SSSR count). The van der Waals surface area contributed by atoms with Gasteiger partial charge in [0.05, 0.1) is 0 Å². The lowest BCUT2D eigenvalue weighted by Crippen LogP contribution is -2.42. The zero-order valence-electron chi connectivity index (χ0n) is 14.0. The Morgan fingerprint density at radius 3 is 2.70 bits per heavy atom. The second-order valence-corrected chi connectivity index (χ2v) is 7.02. The van der Waals surface area contributed by atoms with E-state index in [0.717, 1.165) is 45.4 Å². The maximum Gasteiger partial charge on any atom is 0.222 e. The van der Waals surface area contributed by atoms with Gasteiger partial charge >= 0.3 is 0 Å². The number of halogens is 1. The van der Waals surface area contributed by atoms with E-state index < -0.39 is 0 Å². The van der Waals surface area contributed by atoms with Gasteiger partial charge in [-0.3, -0.25) is 4.79 Å². The summed E-state index contributed by atoms with van der Waals surface area (Å²) >= 11 is 0. The molecule has 3 unspecified atom stereocenters. The molecular formula is C19H29ClN2O. The molecule has 1 amide bonds. The molecule has 128 valence electrons. The first-order valence-electron chi connectivity index (χ1n) is 8.77. The lowest BCUT2D eigenvalue weighted by Gasteiger charge is -2.37. The van der Waals surface area contributed by atoms with Crippen LogP contribution in [0.2, 0.25) is 0 Å². The number of likely N-dealkylation sites (tertiary alicyclic amines) is 1. The molecule has 0 radical (unpaired) electrons. The lowest BCUT2D eigenvalue weighted by molar-refractivity contribution is -0.133. The van der Waals surface area contributed by atoms with E-state index >= 15 is 0 Å². The molecule has 3 nitrogen and oxygen atoms in total. The molecule has 4 heteroatoms. The molecule has 3 atom stereocenters. The zero-order valence-corrected chi connectivity index (χ0v) is 14.9. The second-order valence-electron chi connectivity index (χ2n) is 7.02. The summed E-state index contributed by atoms with van der Waals surface area (Å²) in [6.07, 6.45) is 4.12. The predicted octanol–water partition coefficient (Wildman–Crippen LogP) is 3.45. The third-order valence-electron chi connectivity index (χ3n) is 5.41. The Morgan fingerprint density at radius 2 is 2.04 bits per heavy atom. The SMILES string of the molecule is CC1CN(C(=O)CCC2CCNC2)CCC1c1ccccc1.Cl. The highest BCUT2D eigenvalue weighted by Gasteiger charge is 2.29. The molecule has 0 bridgehead atoms. The number of hydrogen-bond donors (Lipinski definition) is 1. The Balaban J connectivity index is 0.00000192. The van der Waals surface area contributed by atoms with Crippen molar-refractivity contribution in [1.82, 2.24) is 10.2 Å². The number of piperidine rings is 1. The average Bonchev–Trinajstić information content (AvgIpc) is 3.07. The summed E-state index contributed by atoms with van der Waals surface area (Å²) in [7, 11) is 0. The standard InChI is InChI=1S/C19H28N2O.ClH/c1-15-14-21(19(22)8-7-16-9-11-20-13-16)12-10-18(15)17-5-3-2-4-6-17;/h2-6,15-16,18,20H,7-14H2,1H3;1H. The van der Waals surface area contributed by atoms with Crippen molar-refractivity contribution < 1.29 is 4.79 Å². The van der Waals surface area contributed by atoms with Gasteiger partial charge in [-0.25, -0.2) is 0 Å². The van der Waals surface area contributed by atoms with E-state index in [-0.39, 0.29) is 12.4 Å². The Kier molecular flexibility index (Phi) is 6.91. The van der Waals surface area contributed by atoms with Crippen LogP contribution in [0, 0.1) is 11.8 Å². The fraction of sp³-hybridized carbons (Fsp3) is 0.632. The minimum Gasteiger partial charge on any atom is -0.342 e. The summed E-state index contributed by atoms with van der Waals surface area (Å²) < 4.78 is 0. The summed E-state index contributed by atoms with van der Waals surface area (Å²) in [5, 5.41) is 3.38. The summed E-state index contributed by atoms with van der Waals surface area (Å²) in [6, 6.07) is 10.8. The zero-order chi connectivity index (χ0) is 15.4. The van der Waals surface area contributed by atoms with Crippen molar-refractivity contribution in [3.63, 3.8) is 0 Å². The molecule has 23 heavy (non-hydrogen) atoms. The van der Waals surface area contributed by atoms with Crippen molar-refractivity contribution in [2.24, 2.45) is 11.8 Å². The molecule has 2 heterocycles. The third-order valence-corrected chi connectivity index (χ3v) is 5.41. The Hall–Kier alpha value is -1.06. The normalized spacial score (nSPS) is 27.5. The average molecular weight is 337 g/mol. The first kappa shape index (κ1) is 18.3. The first-order chi connectivity index (χ1) is 10.7. The monoisotopic (exact) mass is 336 g/mol. The van der Waals surface area contributed by atoms with Crippen molar-refractivity contribution in [2.75, 3.05) is 26.2 Å². The van der Waals surface area contributed by atoms with Crippen LogP contribution in [0.25, 0.3) is 0 Å². The van der Waals surface area contributed by atoms with Crippen LogP contribution in [0.5, 0.6) is 0 Å². The third kappa shape index (κ3) is 4.71. The van der Waals surface area contributed by atoms with Crippen LogP contribution in [0.3, 0.4) is 0 Å². The van der Waals surface area contributed by atoms with E-state index in [1.807, 2.05) is 0 Å². The molecule has 2 aliphatic rings. The van der Waals surface area contributed by atoms with E-state index in [2.05, 4.69) is 47.5 Å². The number of amides is 1. The van der Waals surface area contributed by atoms with Gasteiger partial charge in [0.15, 0.2) is 0 Å². The highest BCUT2D eigenvalue weighted by Crippen LogP contribution is 2.33. The van der Waals surface area contributed by atoms with Gasteiger partial charge in [0.2, 0.25) is 5.91 Å². The summed E-state index contributed by atoms with van der Waals surface area (Å²) in [4.78, 5) is 14.6. The maximum atomic E-state index is 12.4. The van der Waals surface area contributed by atoms with Crippen LogP contribution in [0.4, 0.5) is 0 Å². The summed E-state index contributed by atoms with van der Waals surface area (Å²) in [6.45, 7) is 6.35. The molecule has 0 aliphatic carbocycles. The van der Waals surface area contributed by atoms with Crippen molar-refractivity contribution in [2.45, 2.75) is 38.5 Å². The smallest absolute Gasteiger partial charge is 0.222 e. The minimum atomic E-state index is 0. The Morgan fingerprint density at radius 1 is 1.26 bits per heavy atom. The number of benzene rings is 1. The molecule has 2 saturated heterocycles. The molecule has 0 spiro atoms. The number of carbonyl (C=O) groups is 1. The Labute approximate surface area is 146 Å². The Bertz CT molecular complexity index is 487. The van der Waals surface area contributed by atoms with Gasteiger partial charge in [-0.15, -0.1) is 12.4 Å². The summed E-state index contributed by atoms with van der Waals surface area (Å²) in [5.74, 6) is 2.23.